The lowest BCUT2D eigenvalue weighted by molar-refractivity contribution is 0.672. The van der Waals surface area contributed by atoms with Gasteiger partial charge in [0.1, 0.15) is 11.2 Å². The van der Waals surface area contributed by atoms with Gasteiger partial charge < -0.3 is 9.32 Å². The Morgan fingerprint density at radius 1 is 0.558 bits per heavy atom. The molecule has 0 radical (unpaired) electrons. The number of thiophene rings is 1. The summed E-state index contributed by atoms with van der Waals surface area (Å²) in [6.07, 6.45) is 0. The van der Waals surface area contributed by atoms with Gasteiger partial charge in [0.25, 0.3) is 0 Å². The first-order valence-electron chi connectivity index (χ1n) is 18.3. The third kappa shape index (κ3) is 3.86. The quantitative estimate of drug-likeness (QED) is 0.207. The van der Waals surface area contributed by atoms with Crippen LogP contribution in [-0.4, -0.2) is 0 Å². The Morgan fingerprint density at radius 3 is 2.21 bits per heavy atom. The first kappa shape index (κ1) is 16.9. The highest BCUT2D eigenvalue weighted by molar-refractivity contribution is 7.25. The average molecular weight is 577 g/mol. The molecule has 0 aliphatic heterocycles. The highest BCUT2D eigenvalue weighted by atomic mass is 32.1. The summed E-state index contributed by atoms with van der Waals surface area (Å²) in [4.78, 5) is 1.27. The lowest BCUT2D eigenvalue weighted by Crippen LogP contribution is -2.10. The molecule has 0 amide bonds. The Labute approximate surface area is 265 Å². The van der Waals surface area contributed by atoms with E-state index in [0.717, 1.165) is 30.9 Å². The fourth-order valence-corrected chi connectivity index (χ4v) is 6.96. The van der Waals surface area contributed by atoms with E-state index >= 15 is 0 Å². The third-order valence-corrected chi connectivity index (χ3v) is 8.97. The Morgan fingerprint density at radius 2 is 1.33 bits per heavy atom. The SMILES string of the molecule is [2H]c1c([2H])c([2H])c(N(c2c([2H])c([2H])c(-c3ccc4sc5ccccc5c4c3)c([2H])c2[2H])c2cccc3oc4c5ccccc5ccc4c23)c([2H])c1[2H]. The maximum Gasteiger partial charge on any atom is 0.143 e. The van der Waals surface area contributed by atoms with E-state index < -0.39 is 42.3 Å². The molecule has 9 rings (SSSR count). The first-order chi connectivity index (χ1) is 25.1. The zero-order chi connectivity index (χ0) is 36.2. The molecule has 0 atom stereocenters. The van der Waals surface area contributed by atoms with E-state index in [1.165, 1.54) is 4.90 Å². The van der Waals surface area contributed by atoms with Gasteiger partial charge in [-0.3, -0.25) is 0 Å². The van der Waals surface area contributed by atoms with Gasteiger partial charge >= 0.3 is 0 Å². The zero-order valence-corrected chi connectivity index (χ0v) is 23.3. The van der Waals surface area contributed by atoms with Gasteiger partial charge in [0, 0.05) is 42.3 Å². The lowest BCUT2D eigenvalue weighted by Gasteiger charge is -2.26. The molecule has 7 aromatic carbocycles. The van der Waals surface area contributed by atoms with E-state index in [1.807, 2.05) is 72.8 Å². The topological polar surface area (TPSA) is 16.4 Å². The summed E-state index contributed by atoms with van der Waals surface area (Å²) >= 11 is 1.63. The van der Waals surface area contributed by atoms with Crippen LogP contribution in [0.4, 0.5) is 17.1 Å². The molecule has 3 heteroatoms. The maximum absolute atomic E-state index is 9.44. The minimum atomic E-state index is -0.598. The van der Waals surface area contributed by atoms with Crippen LogP contribution in [0.25, 0.3) is 64.0 Å². The van der Waals surface area contributed by atoms with E-state index in [0.29, 0.717) is 27.5 Å². The van der Waals surface area contributed by atoms with Crippen LogP contribution in [0.2, 0.25) is 0 Å². The van der Waals surface area contributed by atoms with Crippen molar-refractivity contribution in [3.63, 3.8) is 0 Å². The Bertz CT molecular complexity index is 2930. The van der Waals surface area contributed by atoms with Gasteiger partial charge in [-0.15, -0.1) is 11.3 Å². The van der Waals surface area contributed by atoms with Crippen LogP contribution in [0.3, 0.4) is 0 Å². The van der Waals surface area contributed by atoms with E-state index in [-0.39, 0.29) is 34.7 Å². The van der Waals surface area contributed by atoms with Crippen molar-refractivity contribution in [2.24, 2.45) is 0 Å². The second-order valence-corrected chi connectivity index (χ2v) is 11.3. The van der Waals surface area contributed by atoms with Crippen LogP contribution in [0.5, 0.6) is 0 Å². The van der Waals surface area contributed by atoms with E-state index in [1.54, 1.807) is 35.6 Å². The second-order valence-electron chi connectivity index (χ2n) is 10.3. The molecule has 0 spiro atoms. The number of para-hydroxylation sites is 1. The molecule has 0 aliphatic rings. The molecule has 0 unspecified atom stereocenters. The highest BCUT2D eigenvalue weighted by Gasteiger charge is 2.20. The van der Waals surface area contributed by atoms with Crippen molar-refractivity contribution in [3.05, 3.63) is 151 Å². The summed E-state index contributed by atoms with van der Waals surface area (Å²) in [5.74, 6) is 0. The molecule has 9 aromatic rings. The minimum absolute atomic E-state index is 0.0929. The standard InChI is InChI=1S/C40H25NOS/c1-2-10-29(11-3-1)41(35-14-8-15-36-39(35)33-23-19-27-9-4-5-12-31(27)40(33)42-36)30-21-17-26(18-22-30)28-20-24-38-34(25-28)32-13-6-7-16-37(32)43-38/h1-25H/i1D,2D,3D,10D,11D,17D,18D,21D,22D. The van der Waals surface area contributed by atoms with E-state index in [4.69, 9.17) is 11.3 Å². The van der Waals surface area contributed by atoms with Gasteiger partial charge in [-0.1, -0.05) is 90.9 Å². The lowest BCUT2D eigenvalue weighted by atomic mass is 10.0. The normalized spacial score (nSPS) is 14.7. The fourth-order valence-electron chi connectivity index (χ4n) is 5.87. The van der Waals surface area contributed by atoms with Crippen LogP contribution < -0.4 is 4.90 Å². The number of anilines is 3. The Balaban J connectivity index is 1.37. The van der Waals surface area contributed by atoms with Crippen molar-refractivity contribution >= 4 is 81.3 Å². The predicted octanol–water partition coefficient (Wildman–Crippen LogP) is 12.2. The van der Waals surface area contributed by atoms with Crippen molar-refractivity contribution < 1.29 is 16.8 Å². The van der Waals surface area contributed by atoms with Gasteiger partial charge in [-0.05, 0) is 77.1 Å². The van der Waals surface area contributed by atoms with Gasteiger partial charge in [-0.2, -0.15) is 0 Å². The third-order valence-electron chi connectivity index (χ3n) is 7.82. The molecule has 0 saturated carbocycles. The molecule has 2 nitrogen and oxygen atoms in total. The smallest absolute Gasteiger partial charge is 0.143 e. The summed E-state index contributed by atoms with van der Waals surface area (Å²) in [6, 6.07) is 25.8. The predicted molar refractivity (Wildman–Crippen MR) is 184 cm³/mol. The fraction of sp³-hybridized carbons (Fsp3) is 0. The summed E-state index contributed by atoms with van der Waals surface area (Å²) in [5.41, 5.74) is 1.30. The van der Waals surface area contributed by atoms with Crippen molar-refractivity contribution in [1.29, 1.82) is 0 Å². The van der Waals surface area contributed by atoms with Crippen molar-refractivity contribution in [2.75, 3.05) is 4.90 Å². The molecule has 0 fully saturated rings. The number of rotatable bonds is 4. The van der Waals surface area contributed by atoms with E-state index in [9.17, 15) is 5.48 Å². The van der Waals surface area contributed by atoms with Crippen LogP contribution in [0.1, 0.15) is 12.3 Å². The molecular weight excluding hydrogens is 543 g/mol. The maximum atomic E-state index is 9.44. The minimum Gasteiger partial charge on any atom is -0.455 e. The van der Waals surface area contributed by atoms with Crippen molar-refractivity contribution in [3.8, 4) is 11.1 Å². The van der Waals surface area contributed by atoms with Crippen molar-refractivity contribution in [2.45, 2.75) is 0 Å². The molecule has 43 heavy (non-hydrogen) atoms. The molecule has 2 heterocycles. The van der Waals surface area contributed by atoms with Gasteiger partial charge in [-0.25, -0.2) is 0 Å². The molecular formula is C40H25NOS. The van der Waals surface area contributed by atoms with Crippen LogP contribution in [0.15, 0.2) is 156 Å². The number of benzene rings is 7. The van der Waals surface area contributed by atoms with Gasteiger partial charge in [0.05, 0.1) is 23.4 Å². The molecule has 0 N–H and O–H groups in total. The highest BCUT2D eigenvalue weighted by Crippen LogP contribution is 2.44. The molecule has 0 aliphatic carbocycles. The molecule has 0 bridgehead atoms. The first-order valence-corrected chi connectivity index (χ1v) is 14.6. The monoisotopic (exact) mass is 576 g/mol. The zero-order valence-electron chi connectivity index (χ0n) is 31.5. The summed E-state index contributed by atoms with van der Waals surface area (Å²) in [6.45, 7) is 0. The largest absolute Gasteiger partial charge is 0.455 e. The van der Waals surface area contributed by atoms with Crippen LogP contribution in [-0.2, 0) is 0 Å². The number of hydrogen-bond acceptors (Lipinski definition) is 3. The van der Waals surface area contributed by atoms with Crippen LogP contribution >= 0.6 is 11.3 Å². The number of nitrogens with zero attached hydrogens (tertiary/aromatic N) is 1. The Kier molecular flexibility index (Phi) is 3.77. The number of furan rings is 1. The molecule has 2 aromatic heterocycles. The van der Waals surface area contributed by atoms with Crippen molar-refractivity contribution in [1.82, 2.24) is 0 Å². The Hall–Kier alpha value is -5.38. The van der Waals surface area contributed by atoms with Gasteiger partial charge in [0.2, 0.25) is 0 Å². The summed E-state index contributed by atoms with van der Waals surface area (Å²) in [7, 11) is 0. The summed E-state index contributed by atoms with van der Waals surface area (Å²) in [5, 5.41) is 4.95. The number of hydrogen-bond donors (Lipinski definition) is 0. The number of fused-ring (bicyclic) bond motifs is 8. The van der Waals surface area contributed by atoms with Gasteiger partial charge in [0.15, 0.2) is 0 Å². The molecule has 202 valence electrons. The van der Waals surface area contributed by atoms with Crippen LogP contribution in [0, 0.1) is 0 Å². The average Bonchev–Trinajstić information content (AvgIpc) is 3.74. The summed E-state index contributed by atoms with van der Waals surface area (Å²) < 4.78 is 89.4. The molecule has 0 saturated heterocycles. The van der Waals surface area contributed by atoms with E-state index in [2.05, 4.69) is 0 Å². The second kappa shape index (κ2) is 9.59.